The Labute approximate surface area is 167 Å². The summed E-state index contributed by atoms with van der Waals surface area (Å²) in [5.41, 5.74) is 1.58. The minimum Gasteiger partial charge on any atom is -0.504 e. The monoisotopic (exact) mass is 400 g/mol. The summed E-state index contributed by atoms with van der Waals surface area (Å²) in [6, 6.07) is 17.3. The number of anilines is 2. The van der Waals surface area contributed by atoms with Crippen molar-refractivity contribution in [2.75, 3.05) is 17.3 Å². The molecule has 3 aromatic rings. The van der Waals surface area contributed by atoms with Crippen LogP contribution < -0.4 is 15.0 Å². The molecule has 7 heteroatoms. The zero-order valence-corrected chi connectivity index (χ0v) is 15.8. The third-order valence-electron chi connectivity index (χ3n) is 4.06. The zero-order chi connectivity index (χ0) is 20.1. The molecule has 0 amide bonds. The quantitative estimate of drug-likeness (QED) is 0.585. The largest absolute Gasteiger partial charge is 0.504 e. The molecule has 28 heavy (non-hydrogen) atoms. The van der Waals surface area contributed by atoms with E-state index in [1.165, 1.54) is 30.2 Å². The molecule has 0 heterocycles. The van der Waals surface area contributed by atoms with Crippen molar-refractivity contribution in [3.8, 4) is 11.5 Å². The van der Waals surface area contributed by atoms with E-state index in [1.807, 2.05) is 30.3 Å². The fraction of sp³-hybridized carbons (Fsp3) is 0.0952. The van der Waals surface area contributed by atoms with Crippen molar-refractivity contribution in [3.05, 3.63) is 83.9 Å². The Morgan fingerprint density at radius 2 is 1.82 bits per heavy atom. The van der Waals surface area contributed by atoms with Gasteiger partial charge in [0.05, 0.1) is 19.3 Å². The van der Waals surface area contributed by atoms with E-state index in [0.717, 1.165) is 17.3 Å². The molecule has 2 N–H and O–H groups in total. The standard InChI is InChI=1S/C21H18F2N2O2S/c1-27-20-11-14(7-10-19(20)26)13-25(18-9-8-15(22)12-17(18)23)21(28)24-16-5-3-2-4-6-16/h2-12,26H,13H2,1H3,(H,24,28). The molecule has 0 saturated heterocycles. The first-order chi connectivity index (χ1) is 13.5. The van der Waals surface area contributed by atoms with Gasteiger partial charge in [-0.2, -0.15) is 0 Å². The molecule has 0 aliphatic rings. The van der Waals surface area contributed by atoms with Crippen LogP contribution in [0.25, 0.3) is 0 Å². The van der Waals surface area contributed by atoms with Crippen molar-refractivity contribution in [1.82, 2.24) is 0 Å². The summed E-state index contributed by atoms with van der Waals surface area (Å²) in [6.07, 6.45) is 0. The predicted molar refractivity (Wildman–Crippen MR) is 110 cm³/mol. The van der Waals surface area contributed by atoms with Crippen LogP contribution in [0.2, 0.25) is 0 Å². The Morgan fingerprint density at radius 3 is 2.50 bits per heavy atom. The number of thiocarbonyl (C=S) groups is 1. The van der Waals surface area contributed by atoms with Crippen LogP contribution in [-0.4, -0.2) is 17.3 Å². The van der Waals surface area contributed by atoms with Gasteiger partial charge >= 0.3 is 0 Å². The number of ether oxygens (including phenoxy) is 1. The minimum atomic E-state index is -0.733. The second kappa shape index (κ2) is 8.67. The lowest BCUT2D eigenvalue weighted by Gasteiger charge is -2.27. The van der Waals surface area contributed by atoms with Gasteiger partial charge in [-0.05, 0) is 54.2 Å². The number of phenolic OH excluding ortho intramolecular Hbond substituents is 1. The highest BCUT2D eigenvalue weighted by atomic mass is 32.1. The average molecular weight is 400 g/mol. The number of aromatic hydroxyl groups is 1. The number of nitrogens with zero attached hydrogens (tertiary/aromatic N) is 1. The molecule has 0 fully saturated rings. The molecule has 0 unspecified atom stereocenters. The van der Waals surface area contributed by atoms with Gasteiger partial charge in [-0.3, -0.25) is 0 Å². The van der Waals surface area contributed by atoms with Gasteiger partial charge in [-0.25, -0.2) is 8.78 Å². The van der Waals surface area contributed by atoms with Gasteiger partial charge in [0, 0.05) is 11.8 Å². The average Bonchev–Trinajstić information content (AvgIpc) is 2.68. The number of rotatable bonds is 5. The van der Waals surface area contributed by atoms with Gasteiger partial charge in [0.2, 0.25) is 0 Å². The van der Waals surface area contributed by atoms with Crippen LogP contribution in [0.5, 0.6) is 11.5 Å². The predicted octanol–water partition coefficient (Wildman–Crippen LogP) is 5.08. The van der Waals surface area contributed by atoms with Crippen molar-refractivity contribution >= 4 is 28.7 Å². The second-order valence-electron chi connectivity index (χ2n) is 5.98. The van der Waals surface area contributed by atoms with E-state index in [9.17, 15) is 13.9 Å². The van der Waals surface area contributed by atoms with Crippen LogP contribution in [0.3, 0.4) is 0 Å². The fourth-order valence-corrected chi connectivity index (χ4v) is 2.96. The van der Waals surface area contributed by atoms with Crippen LogP contribution in [0.15, 0.2) is 66.7 Å². The lowest BCUT2D eigenvalue weighted by atomic mass is 10.1. The van der Waals surface area contributed by atoms with E-state index >= 15 is 0 Å². The van der Waals surface area contributed by atoms with E-state index in [-0.39, 0.29) is 23.1 Å². The zero-order valence-electron chi connectivity index (χ0n) is 15.0. The van der Waals surface area contributed by atoms with E-state index in [2.05, 4.69) is 5.32 Å². The highest BCUT2D eigenvalue weighted by molar-refractivity contribution is 7.80. The lowest BCUT2D eigenvalue weighted by molar-refractivity contribution is 0.373. The lowest BCUT2D eigenvalue weighted by Crippen LogP contribution is -2.35. The molecule has 0 aliphatic heterocycles. The maximum atomic E-state index is 14.5. The van der Waals surface area contributed by atoms with Crippen molar-refractivity contribution in [1.29, 1.82) is 0 Å². The van der Waals surface area contributed by atoms with Gasteiger partial charge in [0.25, 0.3) is 0 Å². The van der Waals surface area contributed by atoms with Gasteiger partial charge in [0.15, 0.2) is 16.6 Å². The Bertz CT molecular complexity index is 983. The molecule has 0 radical (unpaired) electrons. The van der Waals surface area contributed by atoms with Crippen LogP contribution >= 0.6 is 12.2 Å². The molecule has 3 rings (SSSR count). The molecule has 0 spiro atoms. The normalized spacial score (nSPS) is 10.4. The van der Waals surface area contributed by atoms with Gasteiger partial charge in [0.1, 0.15) is 11.6 Å². The number of nitrogens with one attached hydrogen (secondary N) is 1. The van der Waals surface area contributed by atoms with E-state index < -0.39 is 11.6 Å². The third-order valence-corrected chi connectivity index (χ3v) is 4.38. The van der Waals surface area contributed by atoms with Crippen LogP contribution in [0.4, 0.5) is 20.2 Å². The molecular weight excluding hydrogens is 382 g/mol. The summed E-state index contributed by atoms with van der Waals surface area (Å²) in [4.78, 5) is 1.52. The molecule has 0 bridgehead atoms. The van der Waals surface area contributed by atoms with E-state index in [1.54, 1.807) is 12.1 Å². The van der Waals surface area contributed by atoms with Crippen molar-refractivity contribution in [2.24, 2.45) is 0 Å². The van der Waals surface area contributed by atoms with Crippen LogP contribution in [0, 0.1) is 11.6 Å². The summed E-state index contributed by atoms with van der Waals surface area (Å²) >= 11 is 5.49. The molecule has 0 aromatic heterocycles. The second-order valence-corrected chi connectivity index (χ2v) is 6.37. The number of benzene rings is 3. The number of hydrogen-bond donors (Lipinski definition) is 2. The molecule has 3 aromatic carbocycles. The Balaban J connectivity index is 1.95. The van der Waals surface area contributed by atoms with Crippen LogP contribution in [-0.2, 0) is 6.54 Å². The van der Waals surface area contributed by atoms with Crippen molar-refractivity contribution < 1.29 is 18.6 Å². The number of methoxy groups -OCH3 is 1. The first-order valence-electron chi connectivity index (χ1n) is 8.42. The topological polar surface area (TPSA) is 44.7 Å². The molecule has 0 aliphatic carbocycles. The SMILES string of the molecule is COc1cc(CN(C(=S)Nc2ccccc2)c2ccc(F)cc2F)ccc1O. The maximum absolute atomic E-state index is 14.5. The molecule has 144 valence electrons. The molecule has 4 nitrogen and oxygen atoms in total. The minimum absolute atomic E-state index is 0.00394. The number of phenols is 1. The van der Waals surface area contributed by atoms with Crippen molar-refractivity contribution in [2.45, 2.75) is 6.54 Å². The van der Waals surface area contributed by atoms with Crippen LogP contribution in [0.1, 0.15) is 5.56 Å². The number of hydrogen-bond acceptors (Lipinski definition) is 3. The third kappa shape index (κ3) is 4.55. The summed E-state index contributed by atoms with van der Waals surface area (Å²) in [6.45, 7) is 0.178. The first-order valence-corrected chi connectivity index (χ1v) is 8.83. The van der Waals surface area contributed by atoms with Gasteiger partial charge in [-0.15, -0.1) is 0 Å². The number of para-hydroxylation sites is 1. The first kappa shape index (κ1) is 19.6. The summed E-state index contributed by atoms with van der Waals surface area (Å²) < 4.78 is 33.0. The van der Waals surface area contributed by atoms with E-state index in [0.29, 0.717) is 5.75 Å². The Kier molecular flexibility index (Phi) is 6.06. The van der Waals surface area contributed by atoms with Gasteiger partial charge in [-0.1, -0.05) is 24.3 Å². The maximum Gasteiger partial charge on any atom is 0.178 e. The number of halogens is 2. The molecule has 0 saturated carbocycles. The highest BCUT2D eigenvalue weighted by Gasteiger charge is 2.18. The fourth-order valence-electron chi connectivity index (χ4n) is 2.68. The molecule has 0 atom stereocenters. The molecular formula is C21H18F2N2O2S. The van der Waals surface area contributed by atoms with Gasteiger partial charge < -0.3 is 20.1 Å². The summed E-state index contributed by atoms with van der Waals surface area (Å²) in [7, 11) is 1.44. The van der Waals surface area contributed by atoms with E-state index in [4.69, 9.17) is 17.0 Å². The highest BCUT2D eigenvalue weighted by Crippen LogP contribution is 2.29. The Morgan fingerprint density at radius 1 is 1.07 bits per heavy atom. The summed E-state index contributed by atoms with van der Waals surface area (Å²) in [5.74, 6) is -1.12. The summed E-state index contributed by atoms with van der Waals surface area (Å²) in [5, 5.41) is 13.1. The smallest absolute Gasteiger partial charge is 0.178 e. The van der Waals surface area contributed by atoms with Crippen molar-refractivity contribution in [3.63, 3.8) is 0 Å². The Hall–Kier alpha value is -3.19.